The molecule has 0 saturated heterocycles. The first-order valence-corrected chi connectivity index (χ1v) is 0. The number of halogens is 2. The van der Waals surface area contributed by atoms with E-state index in [0.29, 0.717) is 0 Å². The molecular formula is C6H26Br2OSb2-2. The molecule has 11 heavy (non-hydrogen) atoms. The van der Waals surface area contributed by atoms with Crippen LogP contribution in [0.5, 0.6) is 0 Å². The summed E-state index contributed by atoms with van der Waals surface area (Å²) in [5, 5.41) is 0. The van der Waals surface area contributed by atoms with Gasteiger partial charge in [-0.25, -0.2) is 0 Å². The van der Waals surface area contributed by atoms with E-state index in [9.17, 15) is 0 Å². The maximum absolute atomic E-state index is 0. The molecule has 0 fully saturated rings. The maximum Gasteiger partial charge on any atom is 0 e. The second-order valence-corrected chi connectivity index (χ2v) is 0. The molecule has 0 saturated carbocycles. The van der Waals surface area contributed by atoms with Gasteiger partial charge in [0, 0.05) is 48.9 Å². The summed E-state index contributed by atoms with van der Waals surface area (Å²) in [5.41, 5.74) is 0. The topological polar surface area (TPSA) is 31.5 Å². The normalized spacial score (nSPS) is 0. The minimum atomic E-state index is 0. The molecule has 0 bridgehead atoms. The Labute approximate surface area is 131 Å². The van der Waals surface area contributed by atoms with Gasteiger partial charge in [0.15, 0.2) is 0 Å². The Morgan fingerprint density at radius 3 is 0.364 bits per heavy atom. The van der Waals surface area contributed by atoms with Gasteiger partial charge in [-0.05, 0) is 0 Å². The Kier molecular flexibility index (Phi) is 7630. The van der Waals surface area contributed by atoms with Gasteiger partial charge in [0.1, 0.15) is 0 Å². The third-order valence-corrected chi connectivity index (χ3v) is 0. The smallest absolute Gasteiger partial charge is 0 e. The van der Waals surface area contributed by atoms with Crippen molar-refractivity contribution in [3.63, 3.8) is 0 Å². The summed E-state index contributed by atoms with van der Waals surface area (Å²) in [6, 6.07) is 0. The summed E-state index contributed by atoms with van der Waals surface area (Å²) >= 11 is 0. The van der Waals surface area contributed by atoms with Crippen molar-refractivity contribution in [1.82, 2.24) is 0 Å². The van der Waals surface area contributed by atoms with Crippen LogP contribution in [-0.2, 0) is 0 Å². The van der Waals surface area contributed by atoms with Crippen LogP contribution >= 0.6 is 0 Å². The molecule has 0 rings (SSSR count). The van der Waals surface area contributed by atoms with Gasteiger partial charge in [-0.3, -0.25) is 0 Å². The number of hydrogen-bond donors (Lipinski definition) is 0. The van der Waals surface area contributed by atoms with Crippen molar-refractivity contribution in [2.75, 3.05) is 0 Å². The summed E-state index contributed by atoms with van der Waals surface area (Å²) in [4.78, 5) is 0. The van der Waals surface area contributed by atoms with E-state index >= 15 is 0 Å². The van der Waals surface area contributed by atoms with Crippen LogP contribution in [0.3, 0.4) is 0 Å². The predicted molar refractivity (Wildman–Crippen MR) is 55.5 cm³/mol. The van der Waals surface area contributed by atoms with Gasteiger partial charge in [-0.1, -0.05) is 44.6 Å². The van der Waals surface area contributed by atoms with Gasteiger partial charge in [-0.2, -0.15) is 0 Å². The molecule has 2 N–H and O–H groups in total. The SMILES string of the molecule is C.C.C.C.C.C.O.[Br-].[Br-].[Sb].[Sb]. The van der Waals surface area contributed by atoms with Crippen molar-refractivity contribution in [2.45, 2.75) is 44.6 Å². The van der Waals surface area contributed by atoms with Crippen molar-refractivity contribution in [2.24, 2.45) is 0 Å². The molecule has 0 aliphatic heterocycles. The average Bonchev–Trinajstić information content (AvgIpc) is 0. The molecule has 0 spiro atoms. The summed E-state index contributed by atoms with van der Waals surface area (Å²) in [6.45, 7) is 0. The van der Waals surface area contributed by atoms with Crippen molar-refractivity contribution >= 4 is 48.9 Å². The second kappa shape index (κ2) is 257. The fraction of sp³-hybridized carbons (Fsp3) is 1.00. The van der Waals surface area contributed by atoms with Crippen LogP contribution in [0.2, 0.25) is 0 Å². The molecule has 6 radical (unpaired) electrons. The van der Waals surface area contributed by atoms with Crippen LogP contribution in [0.4, 0.5) is 0 Å². The molecule has 5 heteroatoms. The van der Waals surface area contributed by atoms with E-state index in [1.807, 2.05) is 0 Å². The maximum atomic E-state index is 0. The Bertz CT molecular complexity index is 18.5. The summed E-state index contributed by atoms with van der Waals surface area (Å²) in [6.07, 6.45) is 0. The van der Waals surface area contributed by atoms with E-state index in [2.05, 4.69) is 0 Å². The molecule has 82 valence electrons. The fourth-order valence-electron chi connectivity index (χ4n) is 0. The van der Waals surface area contributed by atoms with Crippen molar-refractivity contribution in [3.8, 4) is 0 Å². The van der Waals surface area contributed by atoms with E-state index in [4.69, 9.17) is 0 Å². The van der Waals surface area contributed by atoms with Gasteiger partial charge < -0.3 is 39.4 Å². The average molecular weight is 518 g/mol. The molecule has 1 nitrogen and oxygen atoms in total. The molecule has 0 unspecified atom stereocenters. The molecule has 0 atom stereocenters. The minimum Gasteiger partial charge on any atom is -1.00 e. The monoisotopic (exact) mass is 514 g/mol. The van der Waals surface area contributed by atoms with Crippen LogP contribution in [-0.4, -0.2) is 54.3 Å². The number of hydrogen-bond acceptors (Lipinski definition) is 0. The molecule has 0 aliphatic rings. The van der Waals surface area contributed by atoms with Gasteiger partial charge >= 0.3 is 0 Å². The zero-order valence-electron chi connectivity index (χ0n) is 2.15. The van der Waals surface area contributed by atoms with Gasteiger partial charge in [-0.15, -0.1) is 0 Å². The second-order valence-electron chi connectivity index (χ2n) is 0. The molecule has 0 aromatic heterocycles. The van der Waals surface area contributed by atoms with Crippen LogP contribution in [0.25, 0.3) is 0 Å². The third-order valence-electron chi connectivity index (χ3n) is 0. The largest absolute Gasteiger partial charge is 1.00 e. The first-order valence-electron chi connectivity index (χ1n) is 0. The molecule has 0 amide bonds. The predicted octanol–water partition coefficient (Wildman–Crippen LogP) is -3.76. The van der Waals surface area contributed by atoms with E-state index in [0.717, 1.165) is 0 Å². The quantitative estimate of drug-likeness (QED) is 0.296. The first-order chi connectivity index (χ1) is 0. The van der Waals surface area contributed by atoms with Crippen molar-refractivity contribution in [1.29, 1.82) is 0 Å². The van der Waals surface area contributed by atoms with E-state index in [-0.39, 0.29) is 133 Å². The summed E-state index contributed by atoms with van der Waals surface area (Å²) in [7, 11) is 0. The molecule has 0 aromatic carbocycles. The van der Waals surface area contributed by atoms with Crippen molar-refractivity contribution < 1.29 is 39.4 Å². The molecular weight excluding hydrogens is 491 g/mol. The Hall–Kier alpha value is 2.56. The third kappa shape index (κ3) is 214. The summed E-state index contributed by atoms with van der Waals surface area (Å²) < 4.78 is 0. The first kappa shape index (κ1) is 327. The van der Waals surface area contributed by atoms with Crippen LogP contribution in [0, 0.1) is 0 Å². The van der Waals surface area contributed by atoms with Gasteiger partial charge in [0.05, 0.1) is 0 Å². The Morgan fingerprint density at radius 1 is 0.364 bits per heavy atom. The van der Waals surface area contributed by atoms with Crippen LogP contribution in [0.15, 0.2) is 0 Å². The number of rotatable bonds is 0. The van der Waals surface area contributed by atoms with Gasteiger partial charge in [0.25, 0.3) is 0 Å². The molecule has 0 aromatic rings. The van der Waals surface area contributed by atoms with Crippen LogP contribution < -0.4 is 34.0 Å². The zero-order chi connectivity index (χ0) is 0. The summed E-state index contributed by atoms with van der Waals surface area (Å²) in [5.74, 6) is 0. The van der Waals surface area contributed by atoms with E-state index in [1.54, 1.807) is 0 Å². The Morgan fingerprint density at radius 2 is 0.364 bits per heavy atom. The minimum absolute atomic E-state index is 0. The van der Waals surface area contributed by atoms with Crippen molar-refractivity contribution in [3.05, 3.63) is 0 Å². The van der Waals surface area contributed by atoms with E-state index < -0.39 is 0 Å². The standard InChI is InChI=1S/6CH4.2BrH.H2O.2Sb/h6*1H4;2*1H;1H2;;/p-2. The zero-order valence-corrected chi connectivity index (χ0v) is 10.4. The van der Waals surface area contributed by atoms with E-state index in [1.165, 1.54) is 0 Å². The Balaban J connectivity index is 0. The van der Waals surface area contributed by atoms with Crippen LogP contribution in [0.1, 0.15) is 44.6 Å². The van der Waals surface area contributed by atoms with Gasteiger partial charge in [0.2, 0.25) is 0 Å². The molecule has 0 aliphatic carbocycles. The molecule has 0 heterocycles. The fourth-order valence-corrected chi connectivity index (χ4v) is 0.